The van der Waals surface area contributed by atoms with Gasteiger partial charge in [-0.05, 0) is 18.4 Å². The van der Waals surface area contributed by atoms with Crippen LogP contribution in [0.1, 0.15) is 17.4 Å². The monoisotopic (exact) mass is 257 g/mol. The molecule has 0 atom stereocenters. The molecule has 1 aromatic carbocycles. The normalized spacial score (nSPS) is 11.1. The van der Waals surface area contributed by atoms with Crippen LogP contribution in [0.3, 0.4) is 0 Å². The van der Waals surface area contributed by atoms with Crippen LogP contribution in [0.2, 0.25) is 0 Å². The molecule has 3 aromatic rings. The Bertz CT molecular complexity index is 776. The van der Waals surface area contributed by atoms with E-state index < -0.39 is 11.8 Å². The van der Waals surface area contributed by atoms with Gasteiger partial charge >= 0.3 is 5.97 Å². The summed E-state index contributed by atoms with van der Waals surface area (Å²) in [4.78, 5) is 11.8. The van der Waals surface area contributed by atoms with E-state index in [4.69, 9.17) is 4.74 Å². The third-order valence-corrected chi connectivity index (χ3v) is 3.10. The van der Waals surface area contributed by atoms with Gasteiger partial charge in [-0.1, -0.05) is 24.3 Å². The molecule has 3 nitrogen and oxygen atoms in total. The Labute approximate surface area is 109 Å². The van der Waals surface area contributed by atoms with E-state index in [0.717, 1.165) is 10.8 Å². The van der Waals surface area contributed by atoms with Crippen LogP contribution in [-0.4, -0.2) is 17.0 Å². The maximum Gasteiger partial charge on any atom is 0.358 e. The maximum absolute atomic E-state index is 14.0. The summed E-state index contributed by atoms with van der Waals surface area (Å²) in [5.74, 6) is -1.20. The van der Waals surface area contributed by atoms with Crippen LogP contribution in [0.15, 0.2) is 42.6 Å². The Morgan fingerprint density at radius 2 is 2.11 bits per heavy atom. The number of hydrogen-bond donors (Lipinski definition) is 0. The highest BCUT2D eigenvalue weighted by Crippen LogP contribution is 2.24. The van der Waals surface area contributed by atoms with Crippen molar-refractivity contribution in [2.75, 3.05) is 6.61 Å². The van der Waals surface area contributed by atoms with Crippen molar-refractivity contribution in [2.24, 2.45) is 0 Å². The number of hydrogen-bond acceptors (Lipinski definition) is 2. The molecule has 0 N–H and O–H groups in total. The lowest BCUT2D eigenvalue weighted by Gasteiger charge is -2.05. The van der Waals surface area contributed by atoms with E-state index in [2.05, 4.69) is 0 Å². The molecule has 0 spiro atoms. The minimum atomic E-state index is -0.643. The highest BCUT2D eigenvalue weighted by molar-refractivity contribution is 5.99. The second-order valence-corrected chi connectivity index (χ2v) is 4.22. The number of carbonyl (C=O) groups is 1. The first-order valence-electron chi connectivity index (χ1n) is 6.08. The van der Waals surface area contributed by atoms with Crippen LogP contribution in [-0.2, 0) is 4.74 Å². The van der Waals surface area contributed by atoms with E-state index in [1.54, 1.807) is 13.1 Å². The molecule has 0 bridgehead atoms. The summed E-state index contributed by atoms with van der Waals surface area (Å²) in [6.07, 6.45) is 1.69. The SMILES string of the molecule is CCOC(=O)c1c(F)cc2c3ccccc3ccn12. The minimum Gasteiger partial charge on any atom is -0.461 e. The van der Waals surface area contributed by atoms with Gasteiger partial charge in [0.2, 0.25) is 0 Å². The molecule has 0 unspecified atom stereocenters. The molecule has 96 valence electrons. The molecule has 4 heteroatoms. The van der Waals surface area contributed by atoms with Crippen molar-refractivity contribution in [1.82, 2.24) is 4.40 Å². The number of aromatic nitrogens is 1. The van der Waals surface area contributed by atoms with Gasteiger partial charge in [0.15, 0.2) is 11.5 Å². The predicted octanol–water partition coefficient (Wildman–Crippen LogP) is 3.41. The standard InChI is InChI=1S/C15H12FNO2/c1-2-19-15(18)14-12(16)9-13-11-6-4-3-5-10(11)7-8-17(13)14/h3-9H,2H2,1H3. The smallest absolute Gasteiger partial charge is 0.358 e. The summed E-state index contributed by atoms with van der Waals surface area (Å²) in [5, 5.41) is 1.90. The molecular formula is C15H12FNO2. The average molecular weight is 257 g/mol. The first-order valence-corrected chi connectivity index (χ1v) is 6.08. The Balaban J connectivity index is 2.33. The molecule has 0 saturated carbocycles. The van der Waals surface area contributed by atoms with E-state index in [0.29, 0.717) is 5.52 Å². The quantitative estimate of drug-likeness (QED) is 0.659. The topological polar surface area (TPSA) is 30.7 Å². The first-order chi connectivity index (χ1) is 9.22. The maximum atomic E-state index is 14.0. The number of ether oxygens (including phenoxy) is 1. The second-order valence-electron chi connectivity index (χ2n) is 4.22. The summed E-state index contributed by atoms with van der Waals surface area (Å²) < 4.78 is 20.4. The van der Waals surface area contributed by atoms with Crippen LogP contribution in [0.4, 0.5) is 4.39 Å². The second kappa shape index (κ2) is 4.39. The van der Waals surface area contributed by atoms with Gasteiger partial charge in [-0.3, -0.25) is 0 Å². The molecule has 0 saturated heterocycles. The molecule has 0 radical (unpaired) electrons. The van der Waals surface area contributed by atoms with Crippen LogP contribution in [0, 0.1) is 5.82 Å². The Hall–Kier alpha value is -2.36. The summed E-state index contributed by atoms with van der Waals surface area (Å²) in [5.41, 5.74) is 0.612. The fraction of sp³-hybridized carbons (Fsp3) is 0.133. The number of rotatable bonds is 2. The van der Waals surface area contributed by atoms with Crippen molar-refractivity contribution < 1.29 is 13.9 Å². The largest absolute Gasteiger partial charge is 0.461 e. The molecule has 0 aliphatic heterocycles. The van der Waals surface area contributed by atoms with E-state index in [9.17, 15) is 9.18 Å². The molecule has 2 heterocycles. The van der Waals surface area contributed by atoms with Gasteiger partial charge in [0.1, 0.15) is 0 Å². The summed E-state index contributed by atoms with van der Waals surface area (Å²) in [6, 6.07) is 10.9. The number of pyridine rings is 1. The zero-order valence-corrected chi connectivity index (χ0v) is 10.4. The highest BCUT2D eigenvalue weighted by atomic mass is 19.1. The van der Waals surface area contributed by atoms with Crippen LogP contribution in [0.25, 0.3) is 16.3 Å². The zero-order chi connectivity index (χ0) is 13.4. The number of halogens is 1. The Morgan fingerprint density at radius 1 is 1.32 bits per heavy atom. The van der Waals surface area contributed by atoms with Gasteiger partial charge in [0.25, 0.3) is 0 Å². The van der Waals surface area contributed by atoms with Crippen LogP contribution >= 0.6 is 0 Å². The van der Waals surface area contributed by atoms with Crippen molar-refractivity contribution >= 4 is 22.3 Å². The molecule has 19 heavy (non-hydrogen) atoms. The third kappa shape index (κ3) is 1.76. The first kappa shape index (κ1) is 11.7. The van der Waals surface area contributed by atoms with Gasteiger partial charge in [0, 0.05) is 17.6 Å². The van der Waals surface area contributed by atoms with Gasteiger partial charge in [0.05, 0.1) is 12.1 Å². The lowest BCUT2D eigenvalue weighted by molar-refractivity contribution is 0.0513. The molecule has 0 aliphatic carbocycles. The fourth-order valence-electron chi connectivity index (χ4n) is 2.28. The highest BCUT2D eigenvalue weighted by Gasteiger charge is 2.19. The van der Waals surface area contributed by atoms with Gasteiger partial charge in [-0.15, -0.1) is 0 Å². The van der Waals surface area contributed by atoms with E-state index >= 15 is 0 Å². The predicted molar refractivity (Wildman–Crippen MR) is 70.8 cm³/mol. The number of esters is 1. The van der Waals surface area contributed by atoms with E-state index in [1.165, 1.54) is 10.5 Å². The molecular weight excluding hydrogens is 245 g/mol. The van der Waals surface area contributed by atoms with E-state index in [1.807, 2.05) is 30.3 Å². The van der Waals surface area contributed by atoms with Crippen molar-refractivity contribution in [3.05, 3.63) is 54.1 Å². The van der Waals surface area contributed by atoms with Crippen molar-refractivity contribution in [1.29, 1.82) is 0 Å². The molecule has 0 fully saturated rings. The van der Waals surface area contributed by atoms with Crippen molar-refractivity contribution in [3.8, 4) is 0 Å². The van der Waals surface area contributed by atoms with Crippen molar-refractivity contribution in [2.45, 2.75) is 6.92 Å². The third-order valence-electron chi connectivity index (χ3n) is 3.10. The average Bonchev–Trinajstić information content (AvgIpc) is 2.75. The number of benzene rings is 1. The van der Waals surface area contributed by atoms with E-state index in [-0.39, 0.29) is 12.3 Å². The molecule has 3 rings (SSSR count). The number of carbonyl (C=O) groups excluding carboxylic acids is 1. The lowest BCUT2D eigenvalue weighted by Crippen LogP contribution is -2.09. The van der Waals surface area contributed by atoms with Gasteiger partial charge in [-0.25, -0.2) is 9.18 Å². The minimum absolute atomic E-state index is 0.0531. The Kier molecular flexibility index (Phi) is 2.71. The molecule has 2 aromatic heterocycles. The van der Waals surface area contributed by atoms with Crippen LogP contribution < -0.4 is 0 Å². The summed E-state index contributed by atoms with van der Waals surface area (Å²) in [7, 11) is 0. The zero-order valence-electron chi connectivity index (χ0n) is 10.4. The summed E-state index contributed by atoms with van der Waals surface area (Å²) in [6.45, 7) is 1.92. The molecule has 0 aliphatic rings. The Morgan fingerprint density at radius 3 is 2.89 bits per heavy atom. The van der Waals surface area contributed by atoms with Gasteiger partial charge in [-0.2, -0.15) is 0 Å². The lowest BCUT2D eigenvalue weighted by atomic mass is 10.1. The van der Waals surface area contributed by atoms with Gasteiger partial charge < -0.3 is 9.14 Å². The number of fused-ring (bicyclic) bond motifs is 3. The van der Waals surface area contributed by atoms with Crippen LogP contribution in [0.5, 0.6) is 0 Å². The molecule has 0 amide bonds. The fourth-order valence-corrected chi connectivity index (χ4v) is 2.28. The summed E-state index contributed by atoms with van der Waals surface area (Å²) >= 11 is 0. The van der Waals surface area contributed by atoms with Crippen molar-refractivity contribution in [3.63, 3.8) is 0 Å². The number of nitrogens with zero attached hydrogens (tertiary/aromatic N) is 1.